The van der Waals surface area contributed by atoms with Crippen molar-refractivity contribution < 1.29 is 13.9 Å². The summed E-state index contributed by atoms with van der Waals surface area (Å²) in [6.07, 6.45) is 2.48. The van der Waals surface area contributed by atoms with E-state index in [1.807, 2.05) is 38.1 Å². The summed E-state index contributed by atoms with van der Waals surface area (Å²) in [7, 11) is 0. The number of ketones is 1. The first-order valence-corrected chi connectivity index (χ1v) is 7.10. The number of nitrogens with one attached hydrogen (secondary N) is 1. The van der Waals surface area contributed by atoms with Crippen molar-refractivity contribution in [2.24, 2.45) is 0 Å². The van der Waals surface area contributed by atoms with Crippen molar-refractivity contribution in [3.63, 3.8) is 0 Å². The Morgan fingerprint density at radius 1 is 1.24 bits per heavy atom. The Balaban J connectivity index is 2.09. The number of ether oxygens (including phenoxy) is 1. The van der Waals surface area contributed by atoms with Gasteiger partial charge >= 0.3 is 0 Å². The van der Waals surface area contributed by atoms with Crippen molar-refractivity contribution in [3.8, 4) is 5.75 Å². The van der Waals surface area contributed by atoms with Gasteiger partial charge in [0.1, 0.15) is 11.5 Å². The second-order valence-corrected chi connectivity index (χ2v) is 4.76. The average molecular weight is 283 g/mol. The van der Waals surface area contributed by atoms with Gasteiger partial charge in [0.2, 0.25) is 5.78 Å². The number of H-pyrrole nitrogens is 1. The van der Waals surface area contributed by atoms with Crippen molar-refractivity contribution in [2.45, 2.75) is 20.3 Å². The molecule has 0 amide bonds. The number of aromatic amines is 1. The zero-order chi connectivity index (χ0) is 14.8. The van der Waals surface area contributed by atoms with Gasteiger partial charge in [-0.3, -0.25) is 4.79 Å². The second kappa shape index (κ2) is 5.48. The number of furan rings is 1. The Morgan fingerprint density at radius 3 is 2.81 bits per heavy atom. The highest BCUT2D eigenvalue weighted by atomic mass is 16.5. The van der Waals surface area contributed by atoms with E-state index in [9.17, 15) is 4.79 Å². The van der Waals surface area contributed by atoms with Crippen LogP contribution in [0, 0.1) is 0 Å². The summed E-state index contributed by atoms with van der Waals surface area (Å²) in [5, 5.41) is 0.804. The lowest BCUT2D eigenvalue weighted by molar-refractivity contribution is 0.101. The van der Waals surface area contributed by atoms with E-state index in [1.54, 1.807) is 12.3 Å². The normalized spacial score (nSPS) is 11.0. The highest BCUT2D eigenvalue weighted by Crippen LogP contribution is 2.30. The molecule has 0 fully saturated rings. The van der Waals surface area contributed by atoms with Gasteiger partial charge < -0.3 is 14.1 Å². The molecule has 3 rings (SSSR count). The molecular formula is C17H17NO3. The third-order valence-electron chi connectivity index (χ3n) is 3.45. The number of aromatic nitrogens is 1. The summed E-state index contributed by atoms with van der Waals surface area (Å²) in [5.74, 6) is 1.75. The summed E-state index contributed by atoms with van der Waals surface area (Å²) in [6, 6.07) is 9.26. The molecule has 0 bridgehead atoms. The molecule has 0 aliphatic carbocycles. The molecule has 0 atom stereocenters. The molecule has 1 aromatic carbocycles. The third-order valence-corrected chi connectivity index (χ3v) is 3.45. The number of fused-ring (bicyclic) bond motifs is 1. The monoisotopic (exact) mass is 283 g/mol. The lowest BCUT2D eigenvalue weighted by Gasteiger charge is -2.05. The quantitative estimate of drug-likeness (QED) is 0.721. The van der Waals surface area contributed by atoms with Gasteiger partial charge in [-0.15, -0.1) is 0 Å². The number of rotatable bonds is 5. The summed E-state index contributed by atoms with van der Waals surface area (Å²) in [4.78, 5) is 15.8. The van der Waals surface area contributed by atoms with Crippen LogP contribution in [0.25, 0.3) is 10.9 Å². The van der Waals surface area contributed by atoms with Crippen LogP contribution < -0.4 is 4.74 Å². The first-order valence-electron chi connectivity index (χ1n) is 7.10. The molecule has 0 unspecified atom stereocenters. The Labute approximate surface area is 122 Å². The molecule has 0 spiro atoms. The van der Waals surface area contributed by atoms with Crippen LogP contribution in [0.3, 0.4) is 0 Å². The molecule has 108 valence electrons. The van der Waals surface area contributed by atoms with E-state index < -0.39 is 0 Å². The van der Waals surface area contributed by atoms with Crippen LogP contribution in [0.2, 0.25) is 0 Å². The summed E-state index contributed by atoms with van der Waals surface area (Å²) >= 11 is 0. The SMILES string of the molecule is CCOc1cccc2[nH]cc(C(=O)c3ccc(CC)o3)c12. The van der Waals surface area contributed by atoms with E-state index in [1.165, 1.54) is 0 Å². The maximum atomic E-state index is 12.6. The fourth-order valence-corrected chi connectivity index (χ4v) is 2.43. The van der Waals surface area contributed by atoms with E-state index in [0.717, 1.165) is 23.1 Å². The molecular weight excluding hydrogens is 266 g/mol. The molecule has 0 saturated carbocycles. The fourth-order valence-electron chi connectivity index (χ4n) is 2.43. The van der Waals surface area contributed by atoms with Gasteiger partial charge in [0.15, 0.2) is 5.76 Å². The van der Waals surface area contributed by atoms with Gasteiger partial charge in [0.25, 0.3) is 0 Å². The van der Waals surface area contributed by atoms with E-state index in [0.29, 0.717) is 23.7 Å². The van der Waals surface area contributed by atoms with Gasteiger partial charge in [-0.2, -0.15) is 0 Å². The Kier molecular flexibility index (Phi) is 3.52. The van der Waals surface area contributed by atoms with Gasteiger partial charge in [-0.25, -0.2) is 0 Å². The largest absolute Gasteiger partial charge is 0.493 e. The Hall–Kier alpha value is -2.49. The second-order valence-electron chi connectivity index (χ2n) is 4.76. The predicted molar refractivity (Wildman–Crippen MR) is 81.0 cm³/mol. The number of carbonyl (C=O) groups excluding carboxylic acids is 1. The summed E-state index contributed by atoms with van der Waals surface area (Å²) in [6.45, 7) is 4.47. The molecule has 4 heteroatoms. The first kappa shape index (κ1) is 13.5. The van der Waals surface area contributed by atoms with Gasteiger partial charge in [0.05, 0.1) is 17.6 Å². The van der Waals surface area contributed by atoms with Crippen molar-refractivity contribution >= 4 is 16.7 Å². The number of aryl methyl sites for hydroxylation is 1. The van der Waals surface area contributed by atoms with Gasteiger partial charge in [0, 0.05) is 18.1 Å². The maximum Gasteiger partial charge on any atom is 0.230 e. The zero-order valence-electron chi connectivity index (χ0n) is 12.1. The summed E-state index contributed by atoms with van der Waals surface area (Å²) in [5.41, 5.74) is 1.46. The smallest absolute Gasteiger partial charge is 0.230 e. The molecule has 21 heavy (non-hydrogen) atoms. The van der Waals surface area contributed by atoms with Crippen molar-refractivity contribution in [3.05, 3.63) is 53.6 Å². The molecule has 3 aromatic rings. The molecule has 2 heterocycles. The van der Waals surface area contributed by atoms with Gasteiger partial charge in [-0.05, 0) is 31.2 Å². The standard InChI is InChI=1S/C17H17NO3/c1-3-11-8-9-15(21-11)17(19)12-10-18-13-6-5-7-14(16(12)13)20-4-2/h5-10,18H,3-4H2,1-2H3. The third kappa shape index (κ3) is 2.33. The lowest BCUT2D eigenvalue weighted by atomic mass is 10.1. The van der Waals surface area contributed by atoms with E-state index in [2.05, 4.69) is 4.98 Å². The van der Waals surface area contributed by atoms with E-state index in [-0.39, 0.29) is 5.78 Å². The molecule has 4 nitrogen and oxygen atoms in total. The van der Waals surface area contributed by atoms with Crippen molar-refractivity contribution in [1.29, 1.82) is 0 Å². The van der Waals surface area contributed by atoms with Crippen LogP contribution in [-0.2, 0) is 6.42 Å². The molecule has 0 aliphatic heterocycles. The van der Waals surface area contributed by atoms with Crippen LogP contribution in [0.5, 0.6) is 5.75 Å². The topological polar surface area (TPSA) is 55.2 Å². The van der Waals surface area contributed by atoms with Crippen LogP contribution in [0.15, 0.2) is 40.9 Å². The van der Waals surface area contributed by atoms with Crippen molar-refractivity contribution in [1.82, 2.24) is 4.98 Å². The van der Waals surface area contributed by atoms with Crippen molar-refractivity contribution in [2.75, 3.05) is 6.61 Å². The van der Waals surface area contributed by atoms with Crippen LogP contribution in [0.4, 0.5) is 0 Å². The van der Waals surface area contributed by atoms with E-state index >= 15 is 0 Å². The minimum atomic E-state index is -0.131. The highest BCUT2D eigenvalue weighted by molar-refractivity contribution is 6.16. The van der Waals surface area contributed by atoms with E-state index in [4.69, 9.17) is 9.15 Å². The minimum absolute atomic E-state index is 0.131. The van der Waals surface area contributed by atoms with Crippen LogP contribution in [0.1, 0.15) is 35.7 Å². The molecule has 0 radical (unpaired) electrons. The average Bonchev–Trinajstić information content (AvgIpc) is 3.14. The Bertz CT molecular complexity index is 782. The first-order chi connectivity index (χ1) is 10.2. The number of benzene rings is 1. The number of hydrogen-bond acceptors (Lipinski definition) is 3. The van der Waals surface area contributed by atoms with Crippen LogP contribution in [-0.4, -0.2) is 17.4 Å². The molecule has 0 aliphatic rings. The highest BCUT2D eigenvalue weighted by Gasteiger charge is 2.20. The maximum absolute atomic E-state index is 12.6. The minimum Gasteiger partial charge on any atom is -0.493 e. The number of hydrogen-bond donors (Lipinski definition) is 1. The summed E-state index contributed by atoms with van der Waals surface area (Å²) < 4.78 is 11.2. The molecule has 1 N–H and O–H groups in total. The van der Waals surface area contributed by atoms with Gasteiger partial charge in [-0.1, -0.05) is 13.0 Å². The molecule has 0 saturated heterocycles. The lowest BCUT2D eigenvalue weighted by Crippen LogP contribution is -2.00. The fraction of sp³-hybridized carbons (Fsp3) is 0.235. The van der Waals surface area contributed by atoms with Crippen LogP contribution >= 0.6 is 0 Å². The predicted octanol–water partition coefficient (Wildman–Crippen LogP) is 3.95. The zero-order valence-corrected chi connectivity index (χ0v) is 12.1. The Morgan fingerprint density at radius 2 is 2.10 bits per heavy atom. The molecule has 2 aromatic heterocycles. The number of carbonyl (C=O) groups is 1.